The van der Waals surface area contributed by atoms with Gasteiger partial charge in [0.15, 0.2) is 0 Å². The predicted octanol–water partition coefficient (Wildman–Crippen LogP) is 0.703. The van der Waals surface area contributed by atoms with Gasteiger partial charge in [0.25, 0.3) is 5.91 Å². The van der Waals surface area contributed by atoms with Gasteiger partial charge in [-0.2, -0.15) is 0 Å². The zero-order valence-corrected chi connectivity index (χ0v) is 9.73. The first-order valence-corrected chi connectivity index (χ1v) is 5.06. The number of carbonyl (C=O) groups excluding carboxylic acids is 1. The number of nitrogens with two attached hydrogens (primary N) is 1. The Morgan fingerprint density at radius 2 is 2.18 bits per heavy atom. The Balaban J connectivity index is 2.73. The van der Waals surface area contributed by atoms with Crippen molar-refractivity contribution >= 4 is 17.6 Å². The first-order chi connectivity index (χ1) is 7.83. The summed E-state index contributed by atoms with van der Waals surface area (Å²) >= 11 is 0. The second-order valence-electron chi connectivity index (χ2n) is 4.34. The van der Waals surface area contributed by atoms with Crippen molar-refractivity contribution in [2.45, 2.75) is 13.8 Å². The van der Waals surface area contributed by atoms with Crippen LogP contribution >= 0.6 is 0 Å². The number of hydrogen-bond donors (Lipinski definition) is 3. The van der Waals surface area contributed by atoms with Crippen molar-refractivity contribution in [1.29, 1.82) is 0 Å². The van der Waals surface area contributed by atoms with E-state index in [4.69, 9.17) is 10.8 Å². The summed E-state index contributed by atoms with van der Waals surface area (Å²) in [6.45, 7) is 3.46. The molecule has 0 aliphatic carbocycles. The first-order valence-electron chi connectivity index (χ1n) is 5.06. The van der Waals surface area contributed by atoms with Crippen molar-refractivity contribution in [2.24, 2.45) is 11.1 Å². The van der Waals surface area contributed by atoms with Crippen LogP contribution in [0.3, 0.4) is 0 Å². The fourth-order valence-corrected chi connectivity index (χ4v) is 1.07. The highest BCUT2D eigenvalue weighted by Crippen LogP contribution is 2.17. The molecule has 0 aliphatic rings. The highest BCUT2D eigenvalue weighted by molar-refractivity contribution is 5.91. The normalized spacial score (nSPS) is 10.9. The molecule has 17 heavy (non-hydrogen) atoms. The highest BCUT2D eigenvalue weighted by Gasteiger charge is 2.26. The Morgan fingerprint density at radius 1 is 1.53 bits per heavy atom. The van der Waals surface area contributed by atoms with E-state index >= 15 is 0 Å². The largest absolute Gasteiger partial charge is 0.481 e. The van der Waals surface area contributed by atoms with Gasteiger partial charge in [0.05, 0.1) is 5.41 Å². The number of anilines is 1. The van der Waals surface area contributed by atoms with E-state index in [0.717, 1.165) is 0 Å². The lowest BCUT2D eigenvalue weighted by atomic mass is 9.94. The quantitative estimate of drug-likeness (QED) is 0.699. The second-order valence-corrected chi connectivity index (χ2v) is 4.34. The Labute approximate surface area is 98.8 Å². The standard InChI is InChI=1S/C11H15N3O3/c1-11(2,10(16)17)6-14-7-3-4-13-8(5-7)9(12)15/h3-5H,6H2,1-2H3,(H2,12,15)(H,13,14)(H,16,17). The highest BCUT2D eigenvalue weighted by atomic mass is 16.4. The van der Waals surface area contributed by atoms with Crippen LogP contribution in [0.4, 0.5) is 5.69 Å². The lowest BCUT2D eigenvalue weighted by molar-refractivity contribution is -0.146. The number of carboxylic acid groups (broad SMARTS) is 1. The van der Waals surface area contributed by atoms with Crippen molar-refractivity contribution in [3.63, 3.8) is 0 Å². The van der Waals surface area contributed by atoms with E-state index in [1.807, 2.05) is 0 Å². The van der Waals surface area contributed by atoms with Gasteiger partial charge in [-0.25, -0.2) is 0 Å². The molecule has 0 unspecified atom stereocenters. The Bertz CT molecular complexity index is 443. The van der Waals surface area contributed by atoms with Crippen LogP contribution in [-0.2, 0) is 4.79 Å². The van der Waals surface area contributed by atoms with Crippen molar-refractivity contribution in [3.05, 3.63) is 24.0 Å². The monoisotopic (exact) mass is 237 g/mol. The van der Waals surface area contributed by atoms with Gasteiger partial charge in [-0.1, -0.05) is 0 Å². The number of aliphatic carboxylic acids is 1. The predicted molar refractivity (Wildman–Crippen MR) is 62.7 cm³/mol. The number of rotatable bonds is 5. The molecule has 6 heteroatoms. The van der Waals surface area contributed by atoms with Gasteiger partial charge in [0.2, 0.25) is 0 Å². The molecule has 0 aliphatic heterocycles. The van der Waals surface area contributed by atoms with Crippen molar-refractivity contribution < 1.29 is 14.7 Å². The molecule has 1 heterocycles. The Hall–Kier alpha value is -2.11. The van der Waals surface area contributed by atoms with Crippen LogP contribution in [-0.4, -0.2) is 28.5 Å². The number of hydrogen-bond acceptors (Lipinski definition) is 4. The third kappa shape index (κ3) is 3.44. The minimum absolute atomic E-state index is 0.142. The van der Waals surface area contributed by atoms with Crippen LogP contribution in [0.15, 0.2) is 18.3 Å². The van der Waals surface area contributed by atoms with Crippen LogP contribution in [0.5, 0.6) is 0 Å². The molecule has 1 aromatic rings. The molecule has 0 fully saturated rings. The van der Waals surface area contributed by atoms with Crippen LogP contribution in [0.25, 0.3) is 0 Å². The maximum atomic E-state index is 10.9. The maximum absolute atomic E-state index is 10.9. The molecule has 0 spiro atoms. The third-order valence-corrected chi connectivity index (χ3v) is 2.33. The topological polar surface area (TPSA) is 105 Å². The minimum Gasteiger partial charge on any atom is -0.481 e. The van der Waals surface area contributed by atoms with Crippen molar-refractivity contribution in [3.8, 4) is 0 Å². The van der Waals surface area contributed by atoms with Crippen LogP contribution < -0.4 is 11.1 Å². The average molecular weight is 237 g/mol. The summed E-state index contributed by atoms with van der Waals surface area (Å²) < 4.78 is 0. The third-order valence-electron chi connectivity index (χ3n) is 2.33. The summed E-state index contributed by atoms with van der Waals surface area (Å²) in [5.74, 6) is -1.51. The number of carboxylic acids is 1. The summed E-state index contributed by atoms with van der Waals surface area (Å²) in [5, 5.41) is 11.9. The van der Waals surface area contributed by atoms with Gasteiger partial charge in [-0.05, 0) is 26.0 Å². The fraction of sp³-hybridized carbons (Fsp3) is 0.364. The minimum atomic E-state index is -0.894. The molecule has 1 aromatic heterocycles. The molecular formula is C11H15N3O3. The SMILES string of the molecule is CC(C)(CNc1ccnc(C(N)=O)c1)C(=O)O. The zero-order chi connectivity index (χ0) is 13.1. The summed E-state index contributed by atoms with van der Waals surface area (Å²) in [5.41, 5.74) is 4.95. The van der Waals surface area contributed by atoms with E-state index in [2.05, 4.69) is 10.3 Å². The fourth-order valence-electron chi connectivity index (χ4n) is 1.07. The molecule has 0 atom stereocenters. The number of carbonyl (C=O) groups is 2. The molecule has 0 aromatic carbocycles. The molecule has 6 nitrogen and oxygen atoms in total. The number of pyridine rings is 1. The number of amides is 1. The Morgan fingerprint density at radius 3 is 2.71 bits per heavy atom. The van der Waals surface area contributed by atoms with Gasteiger partial charge in [-0.15, -0.1) is 0 Å². The molecule has 1 amide bonds. The van der Waals surface area contributed by atoms with Crippen molar-refractivity contribution in [2.75, 3.05) is 11.9 Å². The summed E-state index contributed by atoms with van der Waals surface area (Å²) in [4.78, 5) is 25.6. The van der Waals surface area contributed by atoms with Gasteiger partial charge in [-0.3, -0.25) is 14.6 Å². The maximum Gasteiger partial charge on any atom is 0.310 e. The molecule has 92 valence electrons. The lowest BCUT2D eigenvalue weighted by Gasteiger charge is -2.20. The van der Waals surface area contributed by atoms with Crippen LogP contribution in [0.1, 0.15) is 24.3 Å². The van der Waals surface area contributed by atoms with Gasteiger partial charge in [0, 0.05) is 18.4 Å². The molecular weight excluding hydrogens is 222 g/mol. The smallest absolute Gasteiger partial charge is 0.310 e. The van der Waals surface area contributed by atoms with Gasteiger partial charge < -0.3 is 16.2 Å². The summed E-state index contributed by atoms with van der Waals surface area (Å²) in [7, 11) is 0. The molecule has 0 bridgehead atoms. The molecule has 0 radical (unpaired) electrons. The second kappa shape index (κ2) is 4.82. The number of aromatic nitrogens is 1. The van der Waals surface area contributed by atoms with E-state index in [-0.39, 0.29) is 12.2 Å². The van der Waals surface area contributed by atoms with E-state index in [1.54, 1.807) is 19.9 Å². The van der Waals surface area contributed by atoms with Crippen LogP contribution in [0, 0.1) is 5.41 Å². The molecule has 0 saturated carbocycles. The zero-order valence-electron chi connectivity index (χ0n) is 9.73. The first kappa shape index (κ1) is 13.0. The number of nitrogens with zero attached hydrogens (tertiary/aromatic N) is 1. The molecule has 0 saturated heterocycles. The summed E-state index contributed by atoms with van der Waals surface area (Å²) in [6.07, 6.45) is 1.44. The Kier molecular flexibility index (Phi) is 3.67. The average Bonchev–Trinajstić information content (AvgIpc) is 2.26. The van der Waals surface area contributed by atoms with Crippen LogP contribution in [0.2, 0.25) is 0 Å². The molecule has 4 N–H and O–H groups in total. The summed E-state index contributed by atoms with van der Waals surface area (Å²) in [6, 6.07) is 3.13. The number of primary amides is 1. The van der Waals surface area contributed by atoms with Gasteiger partial charge in [0.1, 0.15) is 5.69 Å². The number of nitrogens with one attached hydrogen (secondary N) is 1. The lowest BCUT2D eigenvalue weighted by Crippen LogP contribution is -2.31. The van der Waals surface area contributed by atoms with E-state index < -0.39 is 17.3 Å². The van der Waals surface area contributed by atoms with Gasteiger partial charge >= 0.3 is 5.97 Å². The van der Waals surface area contributed by atoms with Crippen molar-refractivity contribution in [1.82, 2.24) is 4.98 Å². The van der Waals surface area contributed by atoms with E-state index in [0.29, 0.717) is 5.69 Å². The van der Waals surface area contributed by atoms with E-state index in [9.17, 15) is 9.59 Å². The van der Waals surface area contributed by atoms with E-state index in [1.165, 1.54) is 12.3 Å². The molecule has 1 rings (SSSR count).